The van der Waals surface area contributed by atoms with E-state index in [9.17, 15) is 9.18 Å². The van der Waals surface area contributed by atoms with Crippen molar-refractivity contribution >= 4 is 34.5 Å². The van der Waals surface area contributed by atoms with Gasteiger partial charge < -0.3 is 4.90 Å². The van der Waals surface area contributed by atoms with Crippen LogP contribution in [0.4, 0.5) is 10.1 Å². The lowest BCUT2D eigenvalue weighted by atomic mass is 10.0. The molecule has 0 saturated heterocycles. The third kappa shape index (κ3) is 3.09. The second-order valence-electron chi connectivity index (χ2n) is 4.93. The molecule has 0 fully saturated rings. The van der Waals surface area contributed by atoms with E-state index in [0.717, 1.165) is 16.3 Å². The highest BCUT2D eigenvalue weighted by atomic mass is 35.5. The maximum atomic E-state index is 13.4. The first kappa shape index (κ1) is 14.5. The van der Waals surface area contributed by atoms with Crippen LogP contribution in [-0.4, -0.2) is 17.4 Å². The molecule has 0 unspecified atom stereocenters. The van der Waals surface area contributed by atoms with Gasteiger partial charge in [-0.3, -0.25) is 4.79 Å². The van der Waals surface area contributed by atoms with E-state index in [4.69, 9.17) is 11.6 Å². The van der Waals surface area contributed by atoms with E-state index in [-0.39, 0.29) is 11.7 Å². The summed E-state index contributed by atoms with van der Waals surface area (Å²) >= 11 is 7.28. The van der Waals surface area contributed by atoms with E-state index in [1.165, 1.54) is 12.1 Å². The van der Waals surface area contributed by atoms with Gasteiger partial charge in [0.2, 0.25) is 5.91 Å². The minimum Gasteiger partial charge on any atom is -0.312 e. The van der Waals surface area contributed by atoms with Crippen LogP contribution >= 0.6 is 22.9 Å². The van der Waals surface area contributed by atoms with Crippen molar-refractivity contribution in [2.75, 3.05) is 11.4 Å². The minimum absolute atomic E-state index is 0.0437. The molecule has 1 aliphatic heterocycles. The zero-order valence-corrected chi connectivity index (χ0v) is 12.9. The number of halogens is 2. The molecule has 0 bridgehead atoms. The van der Waals surface area contributed by atoms with Gasteiger partial charge in [0, 0.05) is 30.5 Å². The number of thiazole rings is 1. The Bertz CT molecular complexity index is 673. The molecule has 1 aromatic carbocycles. The number of benzene rings is 1. The smallest absolute Gasteiger partial charge is 0.227 e. The Hall–Kier alpha value is -1.46. The van der Waals surface area contributed by atoms with Crippen LogP contribution in [0.15, 0.2) is 23.6 Å². The first-order chi connectivity index (χ1) is 10.2. The number of carbonyl (C=O) groups excluding carboxylic acids is 1. The molecular weight excluding hydrogens is 311 g/mol. The Labute approximate surface area is 131 Å². The molecular formula is C15H14ClFN2OS. The number of rotatable bonds is 4. The monoisotopic (exact) mass is 324 g/mol. The molecule has 1 amide bonds. The van der Waals surface area contributed by atoms with Crippen molar-refractivity contribution in [3.05, 3.63) is 45.7 Å². The van der Waals surface area contributed by atoms with Crippen LogP contribution in [0.2, 0.25) is 0 Å². The van der Waals surface area contributed by atoms with Gasteiger partial charge in [-0.1, -0.05) is 6.07 Å². The van der Waals surface area contributed by atoms with E-state index in [0.29, 0.717) is 37.4 Å². The van der Waals surface area contributed by atoms with Crippen LogP contribution in [0.3, 0.4) is 0 Å². The van der Waals surface area contributed by atoms with E-state index in [2.05, 4.69) is 4.98 Å². The van der Waals surface area contributed by atoms with Gasteiger partial charge in [0.25, 0.3) is 0 Å². The topological polar surface area (TPSA) is 33.2 Å². The zero-order valence-electron chi connectivity index (χ0n) is 11.3. The molecule has 3 nitrogen and oxygen atoms in total. The van der Waals surface area contributed by atoms with Crippen LogP contribution in [0, 0.1) is 5.82 Å². The predicted octanol–water partition coefficient (Wildman–Crippen LogP) is 3.54. The Balaban J connectivity index is 1.78. The van der Waals surface area contributed by atoms with Crippen molar-refractivity contribution in [1.82, 2.24) is 4.98 Å². The number of amides is 1. The van der Waals surface area contributed by atoms with Crippen molar-refractivity contribution in [3.8, 4) is 0 Å². The first-order valence-electron chi connectivity index (χ1n) is 6.75. The van der Waals surface area contributed by atoms with Gasteiger partial charge in [0.1, 0.15) is 5.82 Å². The highest BCUT2D eigenvalue weighted by Gasteiger charge is 2.24. The number of aryl methyl sites for hydroxylation is 1. The Kier molecular flexibility index (Phi) is 4.22. The van der Waals surface area contributed by atoms with Gasteiger partial charge in [-0.15, -0.1) is 22.9 Å². The predicted molar refractivity (Wildman–Crippen MR) is 82.4 cm³/mol. The third-order valence-corrected chi connectivity index (χ3v) is 4.76. The average Bonchev–Trinajstić information content (AvgIpc) is 2.94. The largest absolute Gasteiger partial charge is 0.312 e. The van der Waals surface area contributed by atoms with Crippen LogP contribution in [0.5, 0.6) is 0 Å². The van der Waals surface area contributed by atoms with Gasteiger partial charge in [-0.25, -0.2) is 9.37 Å². The fourth-order valence-electron chi connectivity index (χ4n) is 2.49. The van der Waals surface area contributed by atoms with E-state index in [1.807, 2.05) is 5.38 Å². The fraction of sp³-hybridized carbons (Fsp3) is 0.333. The van der Waals surface area contributed by atoms with Gasteiger partial charge in [0.15, 0.2) is 0 Å². The number of aromatic nitrogens is 1. The summed E-state index contributed by atoms with van der Waals surface area (Å²) < 4.78 is 13.4. The van der Waals surface area contributed by atoms with Gasteiger partial charge in [-0.05, 0) is 24.1 Å². The number of fused-ring (bicyclic) bond motifs is 1. The summed E-state index contributed by atoms with van der Waals surface area (Å²) in [5, 5.41) is 2.87. The number of anilines is 1. The van der Waals surface area contributed by atoms with Crippen molar-refractivity contribution in [2.45, 2.75) is 25.1 Å². The SMILES string of the molecule is O=C1CCc2ccc(F)cc2N1CCc1nc(CCl)cs1. The normalized spacial score (nSPS) is 14.4. The molecule has 0 saturated carbocycles. The summed E-state index contributed by atoms with van der Waals surface area (Å²) in [6, 6.07) is 4.65. The molecule has 1 aliphatic rings. The molecule has 2 aromatic rings. The maximum Gasteiger partial charge on any atom is 0.227 e. The van der Waals surface area contributed by atoms with Gasteiger partial charge in [-0.2, -0.15) is 0 Å². The Morgan fingerprint density at radius 3 is 3.00 bits per heavy atom. The summed E-state index contributed by atoms with van der Waals surface area (Å²) in [6.07, 6.45) is 1.81. The van der Waals surface area contributed by atoms with Gasteiger partial charge in [0.05, 0.1) is 16.6 Å². The number of hydrogen-bond acceptors (Lipinski definition) is 3. The summed E-state index contributed by atoms with van der Waals surface area (Å²) in [6.45, 7) is 0.518. The number of carbonyl (C=O) groups is 1. The quantitative estimate of drug-likeness (QED) is 0.806. The molecule has 1 aromatic heterocycles. The number of alkyl halides is 1. The van der Waals surface area contributed by atoms with Crippen molar-refractivity contribution in [3.63, 3.8) is 0 Å². The lowest BCUT2D eigenvalue weighted by Crippen LogP contribution is -2.36. The van der Waals surface area contributed by atoms with E-state index in [1.54, 1.807) is 22.3 Å². The van der Waals surface area contributed by atoms with Crippen LogP contribution < -0.4 is 4.90 Å². The standard InChI is InChI=1S/C15H14ClFN2OS/c16-8-12-9-21-14(18-12)5-6-19-13-7-11(17)3-1-10(13)2-4-15(19)20/h1,3,7,9H,2,4-6,8H2. The average molecular weight is 325 g/mol. The minimum atomic E-state index is -0.313. The molecule has 21 heavy (non-hydrogen) atoms. The summed E-state index contributed by atoms with van der Waals surface area (Å²) in [4.78, 5) is 18.2. The second kappa shape index (κ2) is 6.12. The van der Waals surface area contributed by atoms with Crippen molar-refractivity contribution in [2.24, 2.45) is 0 Å². The lowest BCUT2D eigenvalue weighted by Gasteiger charge is -2.29. The van der Waals surface area contributed by atoms with Crippen molar-refractivity contribution in [1.29, 1.82) is 0 Å². The van der Waals surface area contributed by atoms with Gasteiger partial charge >= 0.3 is 0 Å². The molecule has 6 heteroatoms. The molecule has 0 radical (unpaired) electrons. The summed E-state index contributed by atoms with van der Waals surface area (Å²) in [5.74, 6) is 0.127. The third-order valence-electron chi connectivity index (χ3n) is 3.53. The summed E-state index contributed by atoms with van der Waals surface area (Å²) in [7, 11) is 0. The summed E-state index contributed by atoms with van der Waals surface area (Å²) in [5.41, 5.74) is 2.57. The van der Waals surface area contributed by atoms with Crippen LogP contribution in [0.25, 0.3) is 0 Å². The molecule has 110 valence electrons. The zero-order chi connectivity index (χ0) is 14.8. The Morgan fingerprint density at radius 1 is 1.38 bits per heavy atom. The maximum absolute atomic E-state index is 13.4. The lowest BCUT2D eigenvalue weighted by molar-refractivity contribution is -0.118. The highest BCUT2D eigenvalue weighted by Crippen LogP contribution is 2.29. The Morgan fingerprint density at radius 2 is 2.24 bits per heavy atom. The molecule has 3 rings (SSSR count). The fourth-order valence-corrected chi connectivity index (χ4v) is 3.50. The molecule has 2 heterocycles. The molecule has 0 atom stereocenters. The highest BCUT2D eigenvalue weighted by molar-refractivity contribution is 7.09. The van der Waals surface area contributed by atoms with E-state index >= 15 is 0 Å². The first-order valence-corrected chi connectivity index (χ1v) is 8.17. The van der Waals surface area contributed by atoms with Crippen LogP contribution in [-0.2, 0) is 23.5 Å². The van der Waals surface area contributed by atoms with E-state index < -0.39 is 0 Å². The van der Waals surface area contributed by atoms with Crippen molar-refractivity contribution < 1.29 is 9.18 Å². The molecule has 0 N–H and O–H groups in total. The number of hydrogen-bond donors (Lipinski definition) is 0. The second-order valence-corrected chi connectivity index (χ2v) is 6.14. The number of nitrogens with zero attached hydrogens (tertiary/aromatic N) is 2. The molecule has 0 aliphatic carbocycles. The molecule has 0 spiro atoms. The van der Waals surface area contributed by atoms with Crippen LogP contribution in [0.1, 0.15) is 22.7 Å².